The van der Waals surface area contributed by atoms with Gasteiger partial charge in [0.1, 0.15) is 17.7 Å². The average Bonchev–Trinajstić information content (AvgIpc) is 2.85. The van der Waals surface area contributed by atoms with Gasteiger partial charge in [-0.2, -0.15) is 0 Å². The number of nitrogens with zero attached hydrogens (tertiary/aromatic N) is 1. The van der Waals surface area contributed by atoms with E-state index < -0.39 is 47.6 Å². The van der Waals surface area contributed by atoms with Crippen molar-refractivity contribution in [2.75, 3.05) is 0 Å². The molecule has 0 aliphatic heterocycles. The van der Waals surface area contributed by atoms with Gasteiger partial charge in [-0.15, -0.1) is 6.42 Å². The number of terminal acetylenes is 1. The van der Waals surface area contributed by atoms with Crippen molar-refractivity contribution in [3.63, 3.8) is 0 Å². The summed E-state index contributed by atoms with van der Waals surface area (Å²) in [6, 6.07) is 4.53. The Kier molecular flexibility index (Phi) is 11.0. The van der Waals surface area contributed by atoms with E-state index in [2.05, 4.69) is 16.6 Å². The third-order valence-electron chi connectivity index (χ3n) is 7.00. The number of nitrogens with two attached hydrogens (primary N) is 1. The Labute approximate surface area is 232 Å². The van der Waals surface area contributed by atoms with E-state index in [0.29, 0.717) is 17.5 Å². The van der Waals surface area contributed by atoms with Crippen LogP contribution in [0.4, 0.5) is 4.79 Å². The second-order valence-electron chi connectivity index (χ2n) is 11.8. The first-order valence-corrected chi connectivity index (χ1v) is 13.7. The maximum atomic E-state index is 14.3. The van der Waals surface area contributed by atoms with Gasteiger partial charge in [-0.3, -0.25) is 14.4 Å². The smallest absolute Gasteiger partial charge is 0.408 e. The largest absolute Gasteiger partial charge is 0.444 e. The van der Waals surface area contributed by atoms with Crippen molar-refractivity contribution < 1.29 is 23.9 Å². The van der Waals surface area contributed by atoms with Gasteiger partial charge in [0.2, 0.25) is 17.7 Å². The number of rotatable bonds is 10. The normalized spacial score (nSPS) is 15.8. The van der Waals surface area contributed by atoms with Crippen LogP contribution < -0.4 is 16.4 Å². The molecule has 2 rings (SSSR count). The molecule has 1 aliphatic carbocycles. The Morgan fingerprint density at radius 3 is 2.15 bits per heavy atom. The zero-order valence-corrected chi connectivity index (χ0v) is 24.1. The maximum Gasteiger partial charge on any atom is 0.408 e. The second-order valence-corrected chi connectivity index (χ2v) is 11.8. The monoisotopic (exact) mass is 540 g/mol. The van der Waals surface area contributed by atoms with Crippen molar-refractivity contribution in [2.45, 2.75) is 116 Å². The molecular formula is C30H44N4O5. The molecule has 0 radical (unpaired) electrons. The molecule has 1 aromatic rings. The molecule has 0 heterocycles. The molecule has 1 saturated carbocycles. The predicted molar refractivity (Wildman–Crippen MR) is 150 cm³/mol. The van der Waals surface area contributed by atoms with Gasteiger partial charge < -0.3 is 26.0 Å². The van der Waals surface area contributed by atoms with Crippen molar-refractivity contribution in [1.29, 1.82) is 0 Å². The van der Waals surface area contributed by atoms with Gasteiger partial charge in [0.15, 0.2) is 0 Å². The van der Waals surface area contributed by atoms with Crippen LogP contribution in [0.1, 0.15) is 104 Å². The van der Waals surface area contributed by atoms with Crippen LogP contribution in [0.25, 0.3) is 0 Å². The summed E-state index contributed by atoms with van der Waals surface area (Å²) in [5, 5.41) is 5.67. The molecule has 0 bridgehead atoms. The molecule has 0 aromatic heterocycles. The number of primary amides is 1. The van der Waals surface area contributed by atoms with Crippen LogP contribution in [0, 0.1) is 12.3 Å². The summed E-state index contributed by atoms with van der Waals surface area (Å²) < 4.78 is 5.34. The minimum atomic E-state index is -1.34. The van der Waals surface area contributed by atoms with E-state index >= 15 is 0 Å². The Morgan fingerprint density at radius 2 is 1.67 bits per heavy atom. The second kappa shape index (κ2) is 13.5. The molecule has 1 aromatic carbocycles. The number of hydrogen-bond donors (Lipinski definition) is 3. The number of alkyl carbamates (subject to hydrolysis) is 1. The molecule has 4 N–H and O–H groups in total. The first-order chi connectivity index (χ1) is 18.2. The minimum Gasteiger partial charge on any atom is -0.444 e. The van der Waals surface area contributed by atoms with E-state index in [-0.39, 0.29) is 11.9 Å². The molecule has 1 fully saturated rings. The van der Waals surface area contributed by atoms with E-state index in [1.54, 1.807) is 45.0 Å². The van der Waals surface area contributed by atoms with Gasteiger partial charge >= 0.3 is 6.09 Å². The fraction of sp³-hybridized carbons (Fsp3) is 0.600. The summed E-state index contributed by atoms with van der Waals surface area (Å²) in [6.45, 7) is 10.7. The number of nitrogens with one attached hydrogen (secondary N) is 2. The van der Waals surface area contributed by atoms with Gasteiger partial charge in [0, 0.05) is 17.1 Å². The molecule has 39 heavy (non-hydrogen) atoms. The molecular weight excluding hydrogens is 496 g/mol. The van der Waals surface area contributed by atoms with Gasteiger partial charge in [-0.05, 0) is 71.6 Å². The van der Waals surface area contributed by atoms with Crippen molar-refractivity contribution in [3.8, 4) is 12.3 Å². The number of hydrogen-bond acceptors (Lipinski definition) is 5. The van der Waals surface area contributed by atoms with Crippen molar-refractivity contribution >= 4 is 23.8 Å². The zero-order valence-electron chi connectivity index (χ0n) is 24.1. The first kappa shape index (κ1) is 31.7. The van der Waals surface area contributed by atoms with E-state index in [0.717, 1.165) is 32.1 Å². The standard InChI is InChI=1S/C30H44N4O5/c1-8-20-15-17-21(18-16-20)25(26(36)32-22-13-11-10-12-14-22)34(30(6,7)9-2)27(37)23(19-24(31)35)33-28(38)39-29(3,4)5/h1,15-18,22-23,25H,9-14,19H2,2-7H3,(H2,31,35)(H,32,36)(H,33,38). The van der Waals surface area contributed by atoms with Crippen LogP contribution >= 0.6 is 0 Å². The number of amides is 4. The van der Waals surface area contributed by atoms with Crippen LogP contribution in [0.2, 0.25) is 0 Å². The van der Waals surface area contributed by atoms with E-state index in [1.165, 1.54) is 4.90 Å². The number of ether oxygens (including phenoxy) is 1. The van der Waals surface area contributed by atoms with Gasteiger partial charge in [0.25, 0.3) is 0 Å². The number of carbonyl (C=O) groups is 4. The van der Waals surface area contributed by atoms with Crippen LogP contribution in [0.15, 0.2) is 24.3 Å². The Balaban J connectivity index is 2.58. The number of benzene rings is 1. The molecule has 2 atom stereocenters. The minimum absolute atomic E-state index is 0.00160. The van der Waals surface area contributed by atoms with Gasteiger partial charge in [0.05, 0.1) is 6.42 Å². The first-order valence-electron chi connectivity index (χ1n) is 13.7. The Bertz CT molecular complexity index is 1060. The topological polar surface area (TPSA) is 131 Å². The Hall–Kier alpha value is -3.54. The lowest BCUT2D eigenvalue weighted by Crippen LogP contribution is -2.60. The van der Waals surface area contributed by atoms with Crippen LogP contribution in [0.5, 0.6) is 0 Å². The fourth-order valence-corrected chi connectivity index (χ4v) is 4.67. The molecule has 0 saturated heterocycles. The van der Waals surface area contributed by atoms with Gasteiger partial charge in [-0.1, -0.05) is 44.2 Å². The van der Waals surface area contributed by atoms with E-state index in [1.807, 2.05) is 20.8 Å². The van der Waals surface area contributed by atoms with Crippen LogP contribution in [0.3, 0.4) is 0 Å². The van der Waals surface area contributed by atoms with Crippen molar-refractivity contribution in [3.05, 3.63) is 35.4 Å². The quantitative estimate of drug-likeness (QED) is 0.387. The van der Waals surface area contributed by atoms with Crippen LogP contribution in [-0.2, 0) is 19.1 Å². The average molecular weight is 541 g/mol. The van der Waals surface area contributed by atoms with E-state index in [9.17, 15) is 19.2 Å². The van der Waals surface area contributed by atoms with Crippen molar-refractivity contribution in [2.24, 2.45) is 5.73 Å². The molecule has 1 aliphatic rings. The lowest BCUT2D eigenvalue weighted by atomic mass is 9.90. The molecule has 0 spiro atoms. The number of carbonyl (C=O) groups excluding carboxylic acids is 4. The lowest BCUT2D eigenvalue weighted by molar-refractivity contribution is -0.150. The molecule has 4 amide bonds. The summed E-state index contributed by atoms with van der Waals surface area (Å²) in [5.41, 5.74) is 5.01. The highest BCUT2D eigenvalue weighted by molar-refractivity contribution is 5.95. The highest BCUT2D eigenvalue weighted by atomic mass is 16.6. The van der Waals surface area contributed by atoms with Gasteiger partial charge in [-0.25, -0.2) is 4.79 Å². The van der Waals surface area contributed by atoms with Crippen molar-refractivity contribution in [1.82, 2.24) is 15.5 Å². The molecule has 2 unspecified atom stereocenters. The molecule has 214 valence electrons. The summed E-state index contributed by atoms with van der Waals surface area (Å²) in [6.07, 6.45) is 9.62. The van der Waals surface area contributed by atoms with E-state index in [4.69, 9.17) is 16.9 Å². The summed E-state index contributed by atoms with van der Waals surface area (Å²) in [4.78, 5) is 54.3. The summed E-state index contributed by atoms with van der Waals surface area (Å²) >= 11 is 0. The SMILES string of the molecule is C#Cc1ccc(C(C(=O)NC2CCCCC2)N(C(=O)C(CC(N)=O)NC(=O)OC(C)(C)C)C(C)(C)CC)cc1. The molecule has 9 nitrogen and oxygen atoms in total. The van der Waals surface area contributed by atoms with Crippen LogP contribution in [-0.4, -0.2) is 51.9 Å². The summed E-state index contributed by atoms with van der Waals surface area (Å²) in [7, 11) is 0. The maximum absolute atomic E-state index is 14.3. The Morgan fingerprint density at radius 1 is 1.08 bits per heavy atom. The third kappa shape index (κ3) is 9.31. The fourth-order valence-electron chi connectivity index (χ4n) is 4.67. The highest BCUT2D eigenvalue weighted by Gasteiger charge is 2.44. The highest BCUT2D eigenvalue weighted by Crippen LogP contribution is 2.33. The summed E-state index contributed by atoms with van der Waals surface area (Å²) in [5.74, 6) is 0.842. The molecule has 9 heteroatoms. The predicted octanol–water partition coefficient (Wildman–Crippen LogP) is 3.94. The lowest BCUT2D eigenvalue weighted by Gasteiger charge is -2.45. The zero-order chi connectivity index (χ0) is 29.4. The third-order valence-corrected chi connectivity index (χ3v) is 7.00.